The Kier molecular flexibility index (Phi) is 7.15. The van der Waals surface area contributed by atoms with Gasteiger partial charge in [-0.2, -0.15) is 5.53 Å². The summed E-state index contributed by atoms with van der Waals surface area (Å²) in [5, 5.41) is 5.63. The smallest absolute Gasteiger partial charge is 0.407 e. The molecule has 1 fully saturated rings. The van der Waals surface area contributed by atoms with Crippen molar-refractivity contribution in [3.8, 4) is 5.75 Å². The maximum atomic E-state index is 12.2. The van der Waals surface area contributed by atoms with E-state index in [0.29, 0.717) is 23.8 Å². The molecule has 27 heavy (non-hydrogen) atoms. The van der Waals surface area contributed by atoms with Crippen LogP contribution in [0.4, 0.5) is 4.79 Å². The van der Waals surface area contributed by atoms with Crippen molar-refractivity contribution in [2.45, 2.75) is 58.2 Å². The van der Waals surface area contributed by atoms with Gasteiger partial charge in [0, 0.05) is 11.8 Å². The second kappa shape index (κ2) is 9.34. The van der Waals surface area contributed by atoms with Crippen molar-refractivity contribution < 1.29 is 23.9 Å². The van der Waals surface area contributed by atoms with Crippen molar-refractivity contribution in [2.75, 3.05) is 6.54 Å². The molecule has 0 atom stereocenters. The average molecular weight is 377 g/mol. The molecule has 0 spiro atoms. The molecule has 0 heterocycles. The number of nitrogens with one attached hydrogen (secondary N) is 2. The van der Waals surface area contributed by atoms with Crippen LogP contribution in [0.25, 0.3) is 0 Å². The minimum atomic E-state index is -0.504. The summed E-state index contributed by atoms with van der Waals surface area (Å²) in [6, 6.07) is 6.29. The Balaban J connectivity index is 1.71. The lowest BCUT2D eigenvalue weighted by atomic mass is 9.87. The molecule has 8 nitrogen and oxygen atoms in total. The molecule has 148 valence electrons. The van der Waals surface area contributed by atoms with E-state index in [2.05, 4.69) is 15.4 Å². The maximum Gasteiger partial charge on any atom is 0.407 e. The number of carbonyl (C=O) groups excluding carboxylic acids is 2. The number of hydrogen-bond donors (Lipinski definition) is 2. The van der Waals surface area contributed by atoms with E-state index in [4.69, 9.17) is 15.0 Å². The molecule has 2 N–H and O–H groups in total. The molecule has 1 aromatic carbocycles. The Hall–Kier alpha value is -2.64. The fourth-order valence-electron chi connectivity index (χ4n) is 2.92. The zero-order valence-corrected chi connectivity index (χ0v) is 16.0. The van der Waals surface area contributed by atoms with Gasteiger partial charge in [-0.1, -0.05) is 0 Å². The van der Waals surface area contributed by atoms with Crippen LogP contribution in [0.3, 0.4) is 0 Å². The van der Waals surface area contributed by atoms with Crippen LogP contribution >= 0.6 is 0 Å². The third-order valence-corrected chi connectivity index (χ3v) is 4.24. The van der Waals surface area contributed by atoms with E-state index in [1.54, 1.807) is 24.3 Å². The number of hydrogen-bond acceptors (Lipinski definition) is 7. The van der Waals surface area contributed by atoms with Crippen LogP contribution in [-0.4, -0.2) is 30.3 Å². The van der Waals surface area contributed by atoms with Crippen LogP contribution in [0.2, 0.25) is 0 Å². The molecule has 1 aliphatic carbocycles. The molecule has 0 bridgehead atoms. The minimum absolute atomic E-state index is 0.116. The zero-order chi connectivity index (χ0) is 19.9. The zero-order valence-electron chi connectivity index (χ0n) is 16.0. The monoisotopic (exact) mass is 377 g/mol. The highest BCUT2D eigenvalue weighted by molar-refractivity contribution is 5.89. The van der Waals surface area contributed by atoms with Crippen LogP contribution in [0.5, 0.6) is 5.75 Å². The van der Waals surface area contributed by atoms with Crippen molar-refractivity contribution in [1.29, 1.82) is 5.53 Å². The van der Waals surface area contributed by atoms with Crippen LogP contribution in [0.15, 0.2) is 29.5 Å². The molecule has 2 rings (SSSR count). The van der Waals surface area contributed by atoms with Gasteiger partial charge < -0.3 is 19.6 Å². The van der Waals surface area contributed by atoms with Gasteiger partial charge in [-0.05, 0) is 76.6 Å². The van der Waals surface area contributed by atoms with Gasteiger partial charge in [-0.3, -0.25) is 0 Å². The highest BCUT2D eigenvalue weighted by atomic mass is 16.6. The first-order chi connectivity index (χ1) is 12.8. The summed E-state index contributed by atoms with van der Waals surface area (Å²) >= 11 is 0. The predicted octanol–water partition coefficient (Wildman–Crippen LogP) is 4.25. The Morgan fingerprint density at radius 3 is 2.33 bits per heavy atom. The summed E-state index contributed by atoms with van der Waals surface area (Å²) in [7, 11) is 0. The lowest BCUT2D eigenvalue weighted by molar-refractivity contribution is 0.0163. The number of esters is 1. The fourth-order valence-corrected chi connectivity index (χ4v) is 2.92. The molecule has 0 saturated heterocycles. The van der Waals surface area contributed by atoms with Crippen molar-refractivity contribution in [3.63, 3.8) is 0 Å². The lowest BCUT2D eigenvalue weighted by Gasteiger charge is -2.28. The molecule has 1 aliphatic rings. The predicted molar refractivity (Wildman–Crippen MR) is 97.6 cm³/mol. The second-order valence-electron chi connectivity index (χ2n) is 7.64. The summed E-state index contributed by atoms with van der Waals surface area (Å²) in [5.74, 6) is 0.372. The number of nitrogens with zero attached hydrogens (tertiary/aromatic N) is 1. The van der Waals surface area contributed by atoms with E-state index in [1.165, 1.54) is 0 Å². The van der Waals surface area contributed by atoms with E-state index in [0.717, 1.165) is 25.7 Å². The molecule has 8 heteroatoms. The molecule has 0 aromatic heterocycles. The van der Waals surface area contributed by atoms with Gasteiger partial charge in [0.2, 0.25) is 0 Å². The second-order valence-corrected chi connectivity index (χ2v) is 7.64. The number of benzene rings is 1. The van der Waals surface area contributed by atoms with Gasteiger partial charge >= 0.3 is 12.1 Å². The fraction of sp³-hybridized carbons (Fsp3) is 0.579. The van der Waals surface area contributed by atoms with Crippen LogP contribution < -0.4 is 10.2 Å². The summed E-state index contributed by atoms with van der Waals surface area (Å²) in [6.07, 6.45) is 2.78. The molecule has 1 aromatic rings. The number of ether oxygens (including phenoxy) is 2. The molecular formula is C19H27N3O5. The van der Waals surface area contributed by atoms with Gasteiger partial charge in [0.25, 0.3) is 0 Å². The van der Waals surface area contributed by atoms with Gasteiger partial charge in [0.15, 0.2) is 5.75 Å². The molecule has 0 aliphatic heterocycles. The number of alkyl carbamates (subject to hydrolysis) is 1. The number of rotatable bonds is 6. The Morgan fingerprint density at radius 1 is 1.15 bits per heavy atom. The van der Waals surface area contributed by atoms with Gasteiger partial charge in [0.1, 0.15) is 11.7 Å². The highest BCUT2D eigenvalue weighted by Crippen LogP contribution is 2.27. The molecule has 0 radical (unpaired) electrons. The Morgan fingerprint density at radius 2 is 1.78 bits per heavy atom. The van der Waals surface area contributed by atoms with Gasteiger partial charge in [-0.25, -0.2) is 9.59 Å². The van der Waals surface area contributed by atoms with Crippen LogP contribution in [0, 0.1) is 11.4 Å². The quantitative estimate of drug-likeness (QED) is 0.437. The number of amides is 1. The van der Waals surface area contributed by atoms with Gasteiger partial charge in [-0.15, -0.1) is 0 Å². The summed E-state index contributed by atoms with van der Waals surface area (Å²) < 4.78 is 10.8. The summed E-state index contributed by atoms with van der Waals surface area (Å²) in [4.78, 5) is 28.6. The first kappa shape index (κ1) is 20.7. The normalized spacial score (nSPS) is 19.7. The minimum Gasteiger partial charge on any atom is -0.459 e. The molecule has 1 saturated carbocycles. The SMILES string of the molecule is CC(C)(C)OC(=O)NCC1CCC(OC(=O)c2ccc(ON=N)cc2)CC1. The third-order valence-electron chi connectivity index (χ3n) is 4.24. The first-order valence-electron chi connectivity index (χ1n) is 9.08. The van der Waals surface area contributed by atoms with Crippen molar-refractivity contribution in [1.82, 2.24) is 5.32 Å². The number of carbonyl (C=O) groups is 2. The molecule has 1 amide bonds. The standard InChI is InChI=1S/C19H27N3O5/c1-19(2,3)26-18(24)21-12-13-4-8-15(9-5-13)25-17(23)14-6-10-16(11-7-14)27-22-20/h6-7,10-11,13,15,20H,4-5,8-9,12H2,1-3H3,(H,21,24). The van der Waals surface area contributed by atoms with Crippen LogP contribution in [0.1, 0.15) is 56.8 Å². The summed E-state index contributed by atoms with van der Waals surface area (Å²) in [5.41, 5.74) is 6.56. The topological polar surface area (TPSA) is 110 Å². The van der Waals surface area contributed by atoms with Crippen LogP contribution in [-0.2, 0) is 9.47 Å². The third kappa shape index (κ3) is 7.24. The van der Waals surface area contributed by atoms with Crippen molar-refractivity contribution in [2.24, 2.45) is 11.2 Å². The molecule has 0 unspecified atom stereocenters. The van der Waals surface area contributed by atoms with E-state index in [-0.39, 0.29) is 12.1 Å². The van der Waals surface area contributed by atoms with Gasteiger partial charge in [0.05, 0.1) is 5.56 Å². The van der Waals surface area contributed by atoms with E-state index in [9.17, 15) is 9.59 Å². The first-order valence-corrected chi connectivity index (χ1v) is 9.08. The van der Waals surface area contributed by atoms with E-state index in [1.807, 2.05) is 20.8 Å². The summed E-state index contributed by atoms with van der Waals surface area (Å²) in [6.45, 7) is 6.06. The average Bonchev–Trinajstić information content (AvgIpc) is 2.60. The lowest BCUT2D eigenvalue weighted by Crippen LogP contribution is -2.36. The Bertz CT molecular complexity index is 646. The Labute approximate surface area is 159 Å². The largest absolute Gasteiger partial charge is 0.459 e. The van der Waals surface area contributed by atoms with E-state index >= 15 is 0 Å². The van der Waals surface area contributed by atoms with Crippen molar-refractivity contribution in [3.05, 3.63) is 29.8 Å². The molecular weight excluding hydrogens is 350 g/mol. The van der Waals surface area contributed by atoms with Crippen molar-refractivity contribution >= 4 is 12.1 Å². The maximum absolute atomic E-state index is 12.2. The van der Waals surface area contributed by atoms with E-state index < -0.39 is 11.7 Å². The highest BCUT2D eigenvalue weighted by Gasteiger charge is 2.25.